The number of likely N-dealkylation sites (N-methyl/N-ethyl adjacent to an activating group) is 1. The van der Waals surface area contributed by atoms with E-state index >= 15 is 0 Å². The van der Waals surface area contributed by atoms with Gasteiger partial charge in [0.05, 0.1) is 12.8 Å². The Bertz CT molecular complexity index is 475. The molecule has 0 aliphatic carbocycles. The van der Waals surface area contributed by atoms with Crippen LogP contribution < -0.4 is 5.32 Å². The molecule has 0 amide bonds. The van der Waals surface area contributed by atoms with Crippen LogP contribution in [0.4, 0.5) is 0 Å². The van der Waals surface area contributed by atoms with Crippen molar-refractivity contribution in [3.8, 4) is 0 Å². The van der Waals surface area contributed by atoms with Crippen LogP contribution in [0.1, 0.15) is 38.1 Å². The van der Waals surface area contributed by atoms with Crippen LogP contribution in [0.5, 0.6) is 0 Å². The number of nitrogens with zero attached hydrogens (tertiary/aromatic N) is 3. The predicted octanol–water partition coefficient (Wildman–Crippen LogP) is 1.08. The Morgan fingerprint density at radius 3 is 2.57 bits per heavy atom. The maximum atomic E-state index is 12.1. The lowest BCUT2D eigenvalue weighted by atomic mass is 9.87. The molecule has 0 bridgehead atoms. The predicted molar refractivity (Wildman–Crippen MR) is 83.2 cm³/mol. The number of carbonyl (C=O) groups is 1. The lowest BCUT2D eigenvalue weighted by Crippen LogP contribution is -2.35. The Labute approximate surface area is 127 Å². The molecule has 1 rings (SSSR count). The van der Waals surface area contributed by atoms with E-state index in [0.29, 0.717) is 6.54 Å². The molecule has 0 fully saturated rings. The zero-order valence-electron chi connectivity index (χ0n) is 14.2. The van der Waals surface area contributed by atoms with Gasteiger partial charge >= 0.3 is 5.97 Å². The van der Waals surface area contributed by atoms with E-state index in [9.17, 15) is 4.79 Å². The minimum Gasteiger partial charge on any atom is -0.468 e. The van der Waals surface area contributed by atoms with E-state index in [2.05, 4.69) is 36.1 Å². The first-order valence-corrected chi connectivity index (χ1v) is 7.16. The molecular weight excluding hydrogens is 268 g/mol. The van der Waals surface area contributed by atoms with E-state index in [0.717, 1.165) is 17.8 Å². The molecule has 1 unspecified atom stereocenters. The molecule has 1 N–H and O–H groups in total. The van der Waals surface area contributed by atoms with E-state index in [1.54, 1.807) is 4.68 Å². The molecule has 6 nitrogen and oxygen atoms in total. The monoisotopic (exact) mass is 296 g/mol. The van der Waals surface area contributed by atoms with Gasteiger partial charge in [-0.15, -0.1) is 0 Å². The Morgan fingerprint density at radius 1 is 1.48 bits per heavy atom. The summed E-state index contributed by atoms with van der Waals surface area (Å²) in [5.41, 5.74) is 1.67. The highest BCUT2D eigenvalue weighted by molar-refractivity contribution is 5.78. The summed E-state index contributed by atoms with van der Waals surface area (Å²) in [4.78, 5) is 14.2. The second kappa shape index (κ2) is 7.04. The topological polar surface area (TPSA) is 59.4 Å². The molecule has 1 atom stereocenters. The number of aromatic nitrogens is 2. The summed E-state index contributed by atoms with van der Waals surface area (Å²) in [7, 11) is 7.28. The van der Waals surface area contributed by atoms with Crippen molar-refractivity contribution in [2.75, 3.05) is 34.3 Å². The summed E-state index contributed by atoms with van der Waals surface area (Å²) in [6.07, 6.45) is 1.89. The van der Waals surface area contributed by atoms with Gasteiger partial charge in [0.15, 0.2) is 0 Å². The molecule has 0 saturated heterocycles. The van der Waals surface area contributed by atoms with Gasteiger partial charge in [-0.3, -0.25) is 10.00 Å². The minimum absolute atomic E-state index is 0.133. The van der Waals surface area contributed by atoms with E-state index in [-0.39, 0.29) is 11.4 Å². The number of hydrogen-bond acceptors (Lipinski definition) is 5. The van der Waals surface area contributed by atoms with Crippen molar-refractivity contribution in [2.45, 2.75) is 32.2 Å². The third-order valence-electron chi connectivity index (χ3n) is 3.22. The number of carbonyl (C=O) groups excluding carboxylic acids is 1. The smallest absolute Gasteiger partial charge is 0.327 e. The standard InChI is InChI=1S/C15H28N4O2/c1-15(2,3)13-11(10-19(6)17-13)12(14(20)21-7)16-8-9-18(4)5/h10,12,16H,8-9H2,1-7H3. The summed E-state index contributed by atoms with van der Waals surface area (Å²) in [5, 5.41) is 7.80. The molecule has 0 spiro atoms. The van der Waals surface area contributed by atoms with Crippen molar-refractivity contribution in [1.82, 2.24) is 20.0 Å². The van der Waals surface area contributed by atoms with Crippen molar-refractivity contribution in [3.63, 3.8) is 0 Å². The van der Waals surface area contributed by atoms with Gasteiger partial charge in [-0.05, 0) is 14.1 Å². The van der Waals surface area contributed by atoms with E-state index < -0.39 is 6.04 Å². The van der Waals surface area contributed by atoms with Crippen molar-refractivity contribution >= 4 is 5.97 Å². The fourth-order valence-corrected chi connectivity index (χ4v) is 2.17. The normalized spacial score (nSPS) is 13.5. The van der Waals surface area contributed by atoms with Crippen LogP contribution in [0.25, 0.3) is 0 Å². The molecule has 0 aromatic carbocycles. The fourth-order valence-electron chi connectivity index (χ4n) is 2.17. The largest absolute Gasteiger partial charge is 0.468 e. The lowest BCUT2D eigenvalue weighted by Gasteiger charge is -2.22. The first-order chi connectivity index (χ1) is 9.66. The van der Waals surface area contributed by atoms with Gasteiger partial charge in [-0.1, -0.05) is 20.8 Å². The second-order valence-electron chi connectivity index (χ2n) is 6.57. The number of nitrogens with one attached hydrogen (secondary N) is 1. The van der Waals surface area contributed by atoms with Gasteiger partial charge in [0.1, 0.15) is 6.04 Å². The maximum Gasteiger partial charge on any atom is 0.327 e. The van der Waals surface area contributed by atoms with E-state index in [1.165, 1.54) is 7.11 Å². The number of aryl methyl sites for hydroxylation is 1. The summed E-state index contributed by atoms with van der Waals surface area (Å²) in [6.45, 7) is 7.82. The molecule has 0 aliphatic heterocycles. The third kappa shape index (κ3) is 4.82. The van der Waals surface area contributed by atoms with Crippen LogP contribution in [-0.2, 0) is 22.0 Å². The lowest BCUT2D eigenvalue weighted by molar-refractivity contribution is -0.143. The van der Waals surface area contributed by atoms with Crippen LogP contribution in [0.3, 0.4) is 0 Å². The summed E-state index contributed by atoms with van der Waals surface area (Å²) in [5.74, 6) is -0.285. The molecule has 0 aliphatic rings. The van der Waals surface area contributed by atoms with Gasteiger partial charge in [0.2, 0.25) is 0 Å². The maximum absolute atomic E-state index is 12.1. The van der Waals surface area contributed by atoms with Crippen LogP contribution in [0.2, 0.25) is 0 Å². The molecule has 1 aromatic heterocycles. The SMILES string of the molecule is COC(=O)C(NCCN(C)C)c1cn(C)nc1C(C)(C)C. The molecule has 6 heteroatoms. The highest BCUT2D eigenvalue weighted by Gasteiger charge is 2.30. The summed E-state index contributed by atoms with van der Waals surface area (Å²) in [6, 6.07) is -0.488. The Balaban J connectivity index is 3.06. The molecular formula is C15H28N4O2. The summed E-state index contributed by atoms with van der Waals surface area (Å²) >= 11 is 0. The molecule has 21 heavy (non-hydrogen) atoms. The van der Waals surface area contributed by atoms with E-state index in [1.807, 2.05) is 27.3 Å². The van der Waals surface area contributed by atoms with E-state index in [4.69, 9.17) is 4.74 Å². The highest BCUT2D eigenvalue weighted by Crippen LogP contribution is 2.28. The first-order valence-electron chi connectivity index (χ1n) is 7.16. The van der Waals surface area contributed by atoms with Crippen molar-refractivity contribution in [3.05, 3.63) is 17.5 Å². The van der Waals surface area contributed by atoms with Gasteiger partial charge in [-0.2, -0.15) is 5.10 Å². The molecule has 1 heterocycles. The van der Waals surface area contributed by atoms with Crippen LogP contribution in [-0.4, -0.2) is 54.9 Å². The Kier molecular flexibility index (Phi) is 5.92. The number of ether oxygens (including phenoxy) is 1. The second-order valence-corrected chi connectivity index (χ2v) is 6.57. The number of hydrogen-bond donors (Lipinski definition) is 1. The first kappa shape index (κ1) is 17.7. The van der Waals surface area contributed by atoms with Crippen molar-refractivity contribution < 1.29 is 9.53 Å². The average molecular weight is 296 g/mol. The zero-order valence-corrected chi connectivity index (χ0v) is 14.2. The van der Waals surface area contributed by atoms with Gasteiger partial charge in [0.25, 0.3) is 0 Å². The molecule has 1 aromatic rings. The number of rotatable bonds is 6. The number of methoxy groups -OCH3 is 1. The molecule has 0 saturated carbocycles. The Morgan fingerprint density at radius 2 is 2.10 bits per heavy atom. The van der Waals surface area contributed by atoms with Crippen LogP contribution in [0, 0.1) is 0 Å². The fraction of sp³-hybridized carbons (Fsp3) is 0.733. The van der Waals surface area contributed by atoms with Crippen molar-refractivity contribution in [2.24, 2.45) is 7.05 Å². The quantitative estimate of drug-likeness (QED) is 0.796. The van der Waals surface area contributed by atoms with Gasteiger partial charge in [-0.25, -0.2) is 4.79 Å². The average Bonchev–Trinajstić information content (AvgIpc) is 2.75. The summed E-state index contributed by atoms with van der Waals surface area (Å²) < 4.78 is 6.70. The number of esters is 1. The zero-order chi connectivity index (χ0) is 16.2. The van der Waals surface area contributed by atoms with Crippen LogP contribution in [0.15, 0.2) is 6.20 Å². The third-order valence-corrected chi connectivity index (χ3v) is 3.22. The van der Waals surface area contributed by atoms with Gasteiger partial charge in [0, 0.05) is 37.3 Å². The van der Waals surface area contributed by atoms with Gasteiger partial charge < -0.3 is 9.64 Å². The van der Waals surface area contributed by atoms with Crippen molar-refractivity contribution in [1.29, 1.82) is 0 Å². The highest BCUT2D eigenvalue weighted by atomic mass is 16.5. The molecule has 0 radical (unpaired) electrons. The Hall–Kier alpha value is -1.40. The molecule has 120 valence electrons. The minimum atomic E-state index is -0.488. The van der Waals surface area contributed by atoms with Crippen LogP contribution >= 0.6 is 0 Å².